The molecular formula is C12H20N2O5. The van der Waals surface area contributed by atoms with Crippen LogP contribution in [-0.2, 0) is 14.4 Å². The first-order valence-electron chi connectivity index (χ1n) is 6.33. The quantitative estimate of drug-likeness (QED) is 0.642. The van der Waals surface area contributed by atoms with Crippen LogP contribution in [0.1, 0.15) is 32.6 Å². The first-order valence-corrected chi connectivity index (χ1v) is 6.33. The molecule has 1 rings (SSSR count). The Morgan fingerprint density at radius 3 is 2.53 bits per heavy atom. The summed E-state index contributed by atoms with van der Waals surface area (Å²) in [4.78, 5) is 35.0. The molecule has 0 aromatic heterocycles. The number of nitrogens with zero attached hydrogens (tertiary/aromatic N) is 1. The van der Waals surface area contributed by atoms with Crippen molar-refractivity contribution in [1.82, 2.24) is 4.90 Å². The van der Waals surface area contributed by atoms with Crippen molar-refractivity contribution in [2.75, 3.05) is 6.54 Å². The molecular weight excluding hydrogens is 252 g/mol. The zero-order chi connectivity index (χ0) is 14.6. The van der Waals surface area contributed by atoms with Gasteiger partial charge in [0.1, 0.15) is 6.04 Å². The van der Waals surface area contributed by atoms with Crippen LogP contribution in [0.4, 0.5) is 0 Å². The molecule has 0 aromatic rings. The third-order valence-corrected chi connectivity index (χ3v) is 3.42. The van der Waals surface area contributed by atoms with E-state index in [1.54, 1.807) is 0 Å². The minimum Gasteiger partial charge on any atom is -0.481 e. The monoisotopic (exact) mass is 272 g/mol. The average Bonchev–Trinajstić information content (AvgIpc) is 2.34. The van der Waals surface area contributed by atoms with Crippen LogP contribution in [0.5, 0.6) is 0 Å². The molecule has 0 aliphatic carbocycles. The van der Waals surface area contributed by atoms with Crippen molar-refractivity contribution in [3.63, 3.8) is 0 Å². The van der Waals surface area contributed by atoms with Crippen molar-refractivity contribution in [3.05, 3.63) is 0 Å². The fraction of sp³-hybridized carbons (Fsp3) is 0.750. The summed E-state index contributed by atoms with van der Waals surface area (Å²) in [5.41, 5.74) is 5.65. The molecule has 1 aliphatic rings. The van der Waals surface area contributed by atoms with Gasteiger partial charge >= 0.3 is 11.9 Å². The van der Waals surface area contributed by atoms with Crippen LogP contribution in [0.15, 0.2) is 0 Å². The van der Waals surface area contributed by atoms with E-state index in [0.717, 1.165) is 6.42 Å². The van der Waals surface area contributed by atoms with E-state index in [1.807, 2.05) is 6.92 Å². The molecule has 0 radical (unpaired) electrons. The Kier molecular flexibility index (Phi) is 5.29. The van der Waals surface area contributed by atoms with Crippen molar-refractivity contribution < 1.29 is 24.6 Å². The lowest BCUT2D eigenvalue weighted by Gasteiger charge is -2.37. The second kappa shape index (κ2) is 6.51. The highest BCUT2D eigenvalue weighted by atomic mass is 16.4. The van der Waals surface area contributed by atoms with Gasteiger partial charge in [0.15, 0.2) is 0 Å². The lowest BCUT2D eigenvalue weighted by Crippen LogP contribution is -2.54. The van der Waals surface area contributed by atoms with Gasteiger partial charge in [-0.25, -0.2) is 4.79 Å². The second-order valence-corrected chi connectivity index (χ2v) is 5.05. The molecule has 1 amide bonds. The summed E-state index contributed by atoms with van der Waals surface area (Å²) in [7, 11) is 0. The first-order chi connectivity index (χ1) is 8.82. The number of hydrogen-bond donors (Lipinski definition) is 3. The minimum atomic E-state index is -1.04. The van der Waals surface area contributed by atoms with E-state index in [9.17, 15) is 14.4 Å². The number of carbonyl (C=O) groups excluding carboxylic acids is 1. The molecule has 7 nitrogen and oxygen atoms in total. The highest BCUT2D eigenvalue weighted by molar-refractivity contribution is 5.87. The Morgan fingerprint density at radius 2 is 2.00 bits per heavy atom. The Bertz CT molecular complexity index is 371. The molecule has 3 atom stereocenters. The zero-order valence-corrected chi connectivity index (χ0v) is 10.9. The van der Waals surface area contributed by atoms with Crippen LogP contribution in [0.2, 0.25) is 0 Å². The standard InChI is InChI=1S/C12H20N2O5/c1-7-4-5-14(9(6-7)12(18)19)11(17)8(13)2-3-10(15)16/h7-9H,2-6,13H2,1H3,(H,15,16)(H,18,19). The lowest BCUT2D eigenvalue weighted by molar-refractivity contribution is -0.153. The summed E-state index contributed by atoms with van der Waals surface area (Å²) in [5, 5.41) is 17.7. The summed E-state index contributed by atoms with van der Waals surface area (Å²) in [6.07, 6.45) is 0.968. The highest BCUT2D eigenvalue weighted by Crippen LogP contribution is 2.23. The van der Waals surface area contributed by atoms with Crippen LogP contribution < -0.4 is 5.73 Å². The maximum atomic E-state index is 12.1. The van der Waals surface area contributed by atoms with Gasteiger partial charge in [-0.1, -0.05) is 6.92 Å². The fourth-order valence-electron chi connectivity index (χ4n) is 2.25. The number of carboxylic acids is 2. The molecule has 4 N–H and O–H groups in total. The number of nitrogens with two attached hydrogens (primary N) is 1. The van der Waals surface area contributed by atoms with E-state index < -0.39 is 29.9 Å². The number of aliphatic carboxylic acids is 2. The Labute approximate surface area is 111 Å². The van der Waals surface area contributed by atoms with E-state index in [-0.39, 0.29) is 18.8 Å². The maximum absolute atomic E-state index is 12.1. The maximum Gasteiger partial charge on any atom is 0.326 e. The lowest BCUT2D eigenvalue weighted by atomic mass is 9.91. The third-order valence-electron chi connectivity index (χ3n) is 3.42. The molecule has 7 heteroatoms. The molecule has 0 bridgehead atoms. The van der Waals surface area contributed by atoms with E-state index in [4.69, 9.17) is 15.9 Å². The predicted octanol–water partition coefficient (Wildman–Crippen LogP) is -0.110. The van der Waals surface area contributed by atoms with Crippen molar-refractivity contribution in [2.24, 2.45) is 11.7 Å². The molecule has 0 spiro atoms. The highest BCUT2D eigenvalue weighted by Gasteiger charge is 2.36. The van der Waals surface area contributed by atoms with Crippen molar-refractivity contribution in [2.45, 2.75) is 44.7 Å². The van der Waals surface area contributed by atoms with Gasteiger partial charge in [-0.05, 0) is 25.2 Å². The van der Waals surface area contributed by atoms with Crippen LogP contribution >= 0.6 is 0 Å². The number of rotatable bonds is 5. The molecule has 1 saturated heterocycles. The number of carbonyl (C=O) groups is 3. The van der Waals surface area contributed by atoms with Crippen LogP contribution in [0, 0.1) is 5.92 Å². The van der Waals surface area contributed by atoms with Gasteiger partial charge in [-0.15, -0.1) is 0 Å². The molecule has 3 unspecified atom stereocenters. The molecule has 0 saturated carbocycles. The van der Waals surface area contributed by atoms with Crippen LogP contribution in [0.25, 0.3) is 0 Å². The van der Waals surface area contributed by atoms with E-state index in [0.29, 0.717) is 13.0 Å². The third kappa shape index (κ3) is 4.20. The molecule has 1 aliphatic heterocycles. The SMILES string of the molecule is CC1CCN(C(=O)C(N)CCC(=O)O)C(C(=O)O)C1. The van der Waals surface area contributed by atoms with Gasteiger partial charge in [0.05, 0.1) is 6.04 Å². The minimum absolute atomic E-state index is 0.0204. The van der Waals surface area contributed by atoms with E-state index in [2.05, 4.69) is 0 Å². The van der Waals surface area contributed by atoms with E-state index in [1.165, 1.54) is 4.90 Å². The molecule has 19 heavy (non-hydrogen) atoms. The number of amides is 1. The van der Waals surface area contributed by atoms with Crippen LogP contribution in [-0.4, -0.2) is 51.6 Å². The van der Waals surface area contributed by atoms with Gasteiger partial charge in [0, 0.05) is 13.0 Å². The summed E-state index contributed by atoms with van der Waals surface area (Å²) >= 11 is 0. The zero-order valence-electron chi connectivity index (χ0n) is 10.9. The molecule has 108 valence electrons. The van der Waals surface area contributed by atoms with Crippen LogP contribution in [0.3, 0.4) is 0 Å². The summed E-state index contributed by atoms with van der Waals surface area (Å²) in [6.45, 7) is 2.31. The van der Waals surface area contributed by atoms with Gasteiger partial charge < -0.3 is 20.8 Å². The van der Waals surface area contributed by atoms with Gasteiger partial charge in [0.25, 0.3) is 0 Å². The summed E-state index contributed by atoms with van der Waals surface area (Å²) in [5.74, 6) is -2.28. The molecule has 1 heterocycles. The van der Waals surface area contributed by atoms with Crippen molar-refractivity contribution in [3.8, 4) is 0 Å². The van der Waals surface area contributed by atoms with Crippen molar-refractivity contribution >= 4 is 17.8 Å². The Morgan fingerprint density at radius 1 is 1.37 bits per heavy atom. The Balaban J connectivity index is 2.67. The Hall–Kier alpha value is -1.63. The van der Waals surface area contributed by atoms with E-state index >= 15 is 0 Å². The fourth-order valence-corrected chi connectivity index (χ4v) is 2.25. The van der Waals surface area contributed by atoms with Gasteiger partial charge in [0.2, 0.25) is 5.91 Å². The van der Waals surface area contributed by atoms with Crippen molar-refractivity contribution in [1.29, 1.82) is 0 Å². The average molecular weight is 272 g/mol. The second-order valence-electron chi connectivity index (χ2n) is 5.05. The number of hydrogen-bond acceptors (Lipinski definition) is 4. The summed E-state index contributed by atoms with van der Waals surface area (Å²) in [6, 6.07) is -1.81. The normalized spacial score (nSPS) is 24.8. The number of likely N-dealkylation sites (tertiary alicyclic amines) is 1. The first kappa shape index (κ1) is 15.4. The summed E-state index contributed by atoms with van der Waals surface area (Å²) < 4.78 is 0. The predicted molar refractivity (Wildman–Crippen MR) is 66.4 cm³/mol. The molecule has 1 fully saturated rings. The number of piperidine rings is 1. The topological polar surface area (TPSA) is 121 Å². The largest absolute Gasteiger partial charge is 0.481 e. The number of carboxylic acid groups (broad SMARTS) is 2. The van der Waals surface area contributed by atoms with Gasteiger partial charge in [-0.3, -0.25) is 9.59 Å². The molecule has 0 aromatic carbocycles. The smallest absolute Gasteiger partial charge is 0.326 e. The van der Waals surface area contributed by atoms with Gasteiger partial charge in [-0.2, -0.15) is 0 Å².